The number of aliphatic imine (C=N–C) groups is 1. The number of hydrogen-bond acceptors (Lipinski definition) is 3. The molecule has 0 bridgehead atoms. The van der Waals surface area contributed by atoms with Crippen LogP contribution in [0.25, 0.3) is 5.57 Å². The smallest absolute Gasteiger partial charge is 0.370 e. The van der Waals surface area contributed by atoms with Gasteiger partial charge in [-0.2, -0.15) is 13.2 Å². The van der Waals surface area contributed by atoms with Crippen LogP contribution in [0.1, 0.15) is 47.2 Å². The molecule has 1 amide bonds. The van der Waals surface area contributed by atoms with E-state index in [9.17, 15) is 18.0 Å². The second kappa shape index (κ2) is 10.4. The molecule has 0 unspecified atom stereocenters. The molecule has 2 N–H and O–H groups in total. The quantitative estimate of drug-likeness (QED) is 0.490. The molecular formula is C25H24Cl2F3N3O. The Morgan fingerprint density at radius 3 is 2.47 bits per heavy atom. The number of halogens is 5. The van der Waals surface area contributed by atoms with Gasteiger partial charge >= 0.3 is 6.18 Å². The van der Waals surface area contributed by atoms with Crippen molar-refractivity contribution in [2.75, 3.05) is 13.1 Å². The molecule has 4 rings (SSSR count). The summed E-state index contributed by atoms with van der Waals surface area (Å²) in [6.07, 6.45) is 0.770. The standard InChI is InChI=1S/C25H24Cl2F3N3O/c26-21-4-2-1-3-18(21)19-11-12-31-23(19)32-14-15-5-8-17(9-6-15)33-24(34)20-13-16(25(28,29)30)7-10-22(20)27/h1-4,7,10-11,13,15,17H,5-6,8-9,12,14H2,(H,31,32)(H,33,34). The minimum atomic E-state index is -4.53. The van der Waals surface area contributed by atoms with Crippen LogP contribution in [0.2, 0.25) is 10.0 Å². The fourth-order valence-electron chi connectivity index (χ4n) is 4.37. The Kier molecular flexibility index (Phi) is 7.53. The largest absolute Gasteiger partial charge is 0.416 e. The monoisotopic (exact) mass is 509 g/mol. The fourth-order valence-corrected chi connectivity index (χ4v) is 4.81. The van der Waals surface area contributed by atoms with Gasteiger partial charge in [-0.25, -0.2) is 0 Å². The first-order valence-electron chi connectivity index (χ1n) is 11.1. The van der Waals surface area contributed by atoms with E-state index >= 15 is 0 Å². The lowest BCUT2D eigenvalue weighted by atomic mass is 9.85. The molecule has 4 nitrogen and oxygen atoms in total. The van der Waals surface area contributed by atoms with Crippen LogP contribution in [0, 0.1) is 5.92 Å². The highest BCUT2D eigenvalue weighted by Crippen LogP contribution is 2.32. The molecule has 2 aromatic carbocycles. The van der Waals surface area contributed by atoms with Gasteiger partial charge in [-0.15, -0.1) is 0 Å². The van der Waals surface area contributed by atoms with Crippen LogP contribution in [0.4, 0.5) is 13.2 Å². The average molecular weight is 510 g/mol. The third-order valence-corrected chi connectivity index (χ3v) is 6.90. The molecule has 0 spiro atoms. The Labute approximate surface area is 206 Å². The molecule has 180 valence electrons. The predicted octanol–water partition coefficient (Wildman–Crippen LogP) is 6.39. The lowest BCUT2D eigenvalue weighted by Gasteiger charge is -2.29. The molecule has 0 aromatic heterocycles. The number of amidine groups is 1. The zero-order valence-electron chi connectivity index (χ0n) is 18.3. The molecule has 2 aromatic rings. The van der Waals surface area contributed by atoms with Crippen molar-refractivity contribution in [3.8, 4) is 0 Å². The van der Waals surface area contributed by atoms with Gasteiger partial charge in [0.25, 0.3) is 5.91 Å². The first kappa shape index (κ1) is 24.6. The van der Waals surface area contributed by atoms with Crippen LogP contribution in [0.15, 0.2) is 53.5 Å². The molecular weight excluding hydrogens is 486 g/mol. The second-order valence-corrected chi connectivity index (χ2v) is 9.37. The minimum Gasteiger partial charge on any atom is -0.370 e. The lowest BCUT2D eigenvalue weighted by molar-refractivity contribution is -0.137. The molecule has 34 heavy (non-hydrogen) atoms. The number of alkyl halides is 3. The highest BCUT2D eigenvalue weighted by molar-refractivity contribution is 6.36. The van der Waals surface area contributed by atoms with Gasteiger partial charge in [-0.3, -0.25) is 9.79 Å². The summed E-state index contributed by atoms with van der Waals surface area (Å²) in [5.41, 5.74) is 0.910. The fraction of sp³-hybridized carbons (Fsp3) is 0.360. The van der Waals surface area contributed by atoms with E-state index in [0.29, 0.717) is 17.5 Å². The summed E-state index contributed by atoms with van der Waals surface area (Å²) >= 11 is 12.3. The molecule has 9 heteroatoms. The Hall–Kier alpha value is -2.51. The Morgan fingerprint density at radius 1 is 1.03 bits per heavy atom. The summed E-state index contributed by atoms with van der Waals surface area (Å²) in [6, 6.07) is 10.4. The van der Waals surface area contributed by atoms with Crippen molar-refractivity contribution in [1.82, 2.24) is 10.6 Å². The summed E-state index contributed by atoms with van der Waals surface area (Å²) in [6.45, 7) is 1.36. The molecule has 1 saturated carbocycles. The van der Waals surface area contributed by atoms with Crippen LogP contribution in [0.3, 0.4) is 0 Å². The highest BCUT2D eigenvalue weighted by Gasteiger charge is 2.32. The van der Waals surface area contributed by atoms with Gasteiger partial charge in [0.05, 0.1) is 22.7 Å². The van der Waals surface area contributed by atoms with E-state index in [4.69, 9.17) is 23.2 Å². The normalized spacial score (nSPS) is 20.5. The summed E-state index contributed by atoms with van der Waals surface area (Å²) in [5, 5.41) is 6.98. The number of amides is 1. The highest BCUT2D eigenvalue weighted by atomic mass is 35.5. The zero-order chi connectivity index (χ0) is 24.3. The molecule has 1 aliphatic heterocycles. The van der Waals surface area contributed by atoms with E-state index in [2.05, 4.69) is 21.7 Å². The van der Waals surface area contributed by atoms with Crippen LogP contribution in [-0.4, -0.2) is 30.9 Å². The molecule has 0 saturated heterocycles. The summed E-state index contributed by atoms with van der Waals surface area (Å²) in [7, 11) is 0. The maximum absolute atomic E-state index is 13.0. The predicted molar refractivity (Wildman–Crippen MR) is 129 cm³/mol. The lowest BCUT2D eigenvalue weighted by Crippen LogP contribution is -2.40. The van der Waals surface area contributed by atoms with Gasteiger partial charge in [0.15, 0.2) is 0 Å². The Bertz CT molecular complexity index is 1120. The van der Waals surface area contributed by atoms with Crippen molar-refractivity contribution >= 4 is 40.5 Å². The van der Waals surface area contributed by atoms with Crippen molar-refractivity contribution in [3.05, 3.63) is 75.3 Å². The van der Waals surface area contributed by atoms with Crippen molar-refractivity contribution in [3.63, 3.8) is 0 Å². The number of hydrogen-bond donors (Lipinski definition) is 2. The van der Waals surface area contributed by atoms with Crippen molar-refractivity contribution in [2.45, 2.75) is 37.9 Å². The molecule has 1 aliphatic carbocycles. The number of nitrogens with zero attached hydrogens (tertiary/aromatic N) is 1. The molecule has 1 heterocycles. The number of carbonyl (C=O) groups is 1. The van der Waals surface area contributed by atoms with Crippen LogP contribution in [0.5, 0.6) is 0 Å². The number of nitrogens with one attached hydrogen (secondary N) is 2. The molecule has 0 atom stereocenters. The molecule has 2 aliphatic rings. The van der Waals surface area contributed by atoms with Gasteiger partial charge in [0, 0.05) is 28.7 Å². The van der Waals surface area contributed by atoms with Gasteiger partial charge < -0.3 is 10.6 Å². The van der Waals surface area contributed by atoms with Gasteiger partial charge in [0.2, 0.25) is 0 Å². The SMILES string of the molecule is O=C(NC1CCC(CNC2=NCC=C2c2ccccc2Cl)CC1)c1cc(C(F)(F)F)ccc1Cl. The van der Waals surface area contributed by atoms with E-state index in [1.54, 1.807) is 0 Å². The second-order valence-electron chi connectivity index (χ2n) is 8.55. The zero-order valence-corrected chi connectivity index (χ0v) is 19.8. The van der Waals surface area contributed by atoms with Crippen LogP contribution < -0.4 is 10.6 Å². The molecule has 0 radical (unpaired) electrons. The summed E-state index contributed by atoms with van der Waals surface area (Å²) in [5.74, 6) is 0.663. The van der Waals surface area contributed by atoms with Gasteiger partial charge in [-0.05, 0) is 55.9 Å². The maximum Gasteiger partial charge on any atom is 0.416 e. The summed E-state index contributed by atoms with van der Waals surface area (Å²) < 4.78 is 39.0. The van der Waals surface area contributed by atoms with Crippen molar-refractivity contribution in [2.24, 2.45) is 10.9 Å². The van der Waals surface area contributed by atoms with E-state index in [1.165, 1.54) is 0 Å². The third kappa shape index (κ3) is 5.76. The first-order chi connectivity index (χ1) is 16.2. The Morgan fingerprint density at radius 2 is 1.76 bits per heavy atom. The van der Waals surface area contributed by atoms with E-state index in [1.807, 2.05) is 24.3 Å². The number of rotatable bonds is 5. The van der Waals surface area contributed by atoms with E-state index in [-0.39, 0.29) is 16.6 Å². The average Bonchev–Trinajstić information content (AvgIpc) is 3.27. The van der Waals surface area contributed by atoms with E-state index in [0.717, 1.165) is 67.4 Å². The van der Waals surface area contributed by atoms with Crippen LogP contribution in [-0.2, 0) is 6.18 Å². The molecule has 1 fully saturated rings. The van der Waals surface area contributed by atoms with E-state index < -0.39 is 17.6 Å². The number of carbonyl (C=O) groups excluding carboxylic acids is 1. The summed E-state index contributed by atoms with van der Waals surface area (Å²) in [4.78, 5) is 17.1. The van der Waals surface area contributed by atoms with Gasteiger partial charge in [0.1, 0.15) is 5.84 Å². The minimum absolute atomic E-state index is 0.00287. The van der Waals surface area contributed by atoms with Gasteiger partial charge in [-0.1, -0.05) is 47.5 Å². The van der Waals surface area contributed by atoms with Crippen molar-refractivity contribution < 1.29 is 18.0 Å². The Balaban J connectivity index is 1.28. The van der Waals surface area contributed by atoms with Crippen molar-refractivity contribution in [1.29, 1.82) is 0 Å². The maximum atomic E-state index is 13.0. The topological polar surface area (TPSA) is 53.5 Å². The van der Waals surface area contributed by atoms with Crippen LogP contribution >= 0.6 is 23.2 Å². The number of benzene rings is 2. The first-order valence-corrected chi connectivity index (χ1v) is 11.9. The third-order valence-electron chi connectivity index (χ3n) is 6.24.